The Morgan fingerprint density at radius 3 is 2.46 bits per heavy atom. The normalized spacial score (nSPS) is 11.2. The van der Waals surface area contributed by atoms with Crippen LogP contribution >= 0.6 is 0 Å². The van der Waals surface area contributed by atoms with Gasteiger partial charge in [0.2, 0.25) is 0 Å². The van der Waals surface area contributed by atoms with E-state index in [1.165, 1.54) is 18.2 Å². The number of benzene rings is 2. The molecule has 2 rings (SSSR count). The molecule has 0 amide bonds. The van der Waals surface area contributed by atoms with E-state index in [0.717, 1.165) is 24.3 Å². The summed E-state index contributed by atoms with van der Waals surface area (Å²) in [6, 6.07) is 7.71. The van der Waals surface area contributed by atoms with Gasteiger partial charge in [-0.2, -0.15) is 13.2 Å². The van der Waals surface area contributed by atoms with Crippen molar-refractivity contribution in [3.63, 3.8) is 0 Å². The van der Waals surface area contributed by atoms with E-state index in [4.69, 9.17) is 4.74 Å². The molecule has 0 saturated heterocycles. The van der Waals surface area contributed by atoms with E-state index in [1.54, 1.807) is 6.92 Å². The predicted octanol–water partition coefficient (Wildman–Crippen LogP) is 4.46. The third kappa shape index (κ3) is 3.53. The van der Waals surface area contributed by atoms with Crippen LogP contribution in [0.15, 0.2) is 42.5 Å². The van der Waals surface area contributed by atoms with E-state index in [1.807, 2.05) is 0 Å². The predicted molar refractivity (Wildman–Crippen MR) is 79.5 cm³/mol. The lowest BCUT2D eigenvalue weighted by Crippen LogP contribution is -2.09. The lowest BCUT2D eigenvalue weighted by Gasteiger charge is -2.12. The average Bonchev–Trinajstić information content (AvgIpc) is 2.53. The van der Waals surface area contributed by atoms with Gasteiger partial charge in [0.05, 0.1) is 28.2 Å². The Kier molecular flexibility index (Phi) is 4.87. The molecule has 0 aromatic heterocycles. The van der Waals surface area contributed by atoms with Gasteiger partial charge in [0, 0.05) is 6.07 Å². The second-order valence-corrected chi connectivity index (χ2v) is 4.76. The van der Waals surface area contributed by atoms with Crippen molar-refractivity contribution in [2.24, 2.45) is 0 Å². The lowest BCUT2D eigenvalue weighted by atomic mass is 9.96. The van der Waals surface area contributed by atoms with Crippen LogP contribution in [0, 0.1) is 10.1 Å². The number of nitro groups is 1. The van der Waals surface area contributed by atoms with Gasteiger partial charge in [0.15, 0.2) is 0 Å². The molecule has 0 saturated carbocycles. The summed E-state index contributed by atoms with van der Waals surface area (Å²) in [5.41, 5.74) is -1.88. The topological polar surface area (TPSA) is 69.4 Å². The number of esters is 1. The minimum absolute atomic E-state index is 0.0313. The summed E-state index contributed by atoms with van der Waals surface area (Å²) >= 11 is 0. The zero-order chi connectivity index (χ0) is 17.9. The summed E-state index contributed by atoms with van der Waals surface area (Å²) < 4.78 is 43.5. The number of rotatable bonds is 4. The summed E-state index contributed by atoms with van der Waals surface area (Å²) in [5.74, 6) is -0.839. The van der Waals surface area contributed by atoms with E-state index in [2.05, 4.69) is 0 Å². The summed E-state index contributed by atoms with van der Waals surface area (Å²) in [7, 11) is 0. The van der Waals surface area contributed by atoms with Crippen LogP contribution in [0.1, 0.15) is 22.8 Å². The molecule has 126 valence electrons. The highest BCUT2D eigenvalue weighted by Crippen LogP contribution is 2.37. The quantitative estimate of drug-likeness (QED) is 0.468. The van der Waals surface area contributed by atoms with Crippen molar-refractivity contribution < 1.29 is 27.6 Å². The van der Waals surface area contributed by atoms with Crippen LogP contribution in [0.4, 0.5) is 18.9 Å². The van der Waals surface area contributed by atoms with Crippen LogP contribution < -0.4 is 0 Å². The fourth-order valence-corrected chi connectivity index (χ4v) is 2.23. The molecule has 2 aromatic rings. The summed E-state index contributed by atoms with van der Waals surface area (Å²) in [6.45, 7) is 1.59. The maximum atomic E-state index is 12.9. The lowest BCUT2D eigenvalue weighted by molar-refractivity contribution is -0.384. The van der Waals surface area contributed by atoms with Crippen LogP contribution in [0.3, 0.4) is 0 Å². The molecule has 24 heavy (non-hydrogen) atoms. The van der Waals surface area contributed by atoms with Gasteiger partial charge < -0.3 is 4.74 Å². The molecule has 0 N–H and O–H groups in total. The van der Waals surface area contributed by atoms with Crippen molar-refractivity contribution in [3.05, 3.63) is 63.7 Å². The van der Waals surface area contributed by atoms with Gasteiger partial charge in [-0.1, -0.05) is 18.2 Å². The molecule has 2 aromatic carbocycles. The molecular weight excluding hydrogens is 327 g/mol. The zero-order valence-corrected chi connectivity index (χ0v) is 12.5. The van der Waals surface area contributed by atoms with E-state index >= 15 is 0 Å². The summed E-state index contributed by atoms with van der Waals surface area (Å²) in [5, 5.41) is 11.2. The second kappa shape index (κ2) is 6.69. The van der Waals surface area contributed by atoms with Gasteiger partial charge in [-0.05, 0) is 30.7 Å². The zero-order valence-electron chi connectivity index (χ0n) is 12.5. The van der Waals surface area contributed by atoms with Crippen LogP contribution in [0.5, 0.6) is 0 Å². The molecule has 0 aliphatic rings. The van der Waals surface area contributed by atoms with Gasteiger partial charge in [-0.3, -0.25) is 10.1 Å². The Bertz CT molecular complexity index is 787. The van der Waals surface area contributed by atoms with Crippen molar-refractivity contribution in [1.82, 2.24) is 0 Å². The van der Waals surface area contributed by atoms with E-state index in [-0.39, 0.29) is 23.3 Å². The SMILES string of the molecule is CCOC(=O)c1cccc([N+](=O)[O-])c1-c1cccc(C(F)(F)F)c1. The van der Waals surface area contributed by atoms with Gasteiger partial charge in [0.1, 0.15) is 0 Å². The third-order valence-electron chi connectivity index (χ3n) is 3.21. The third-order valence-corrected chi connectivity index (χ3v) is 3.21. The number of nitro benzene ring substituents is 1. The fraction of sp³-hybridized carbons (Fsp3) is 0.188. The molecule has 0 radical (unpaired) electrons. The highest BCUT2D eigenvalue weighted by atomic mass is 19.4. The first kappa shape index (κ1) is 17.5. The Labute approximate surface area is 134 Å². The monoisotopic (exact) mass is 339 g/mol. The average molecular weight is 339 g/mol. The van der Waals surface area contributed by atoms with Crippen molar-refractivity contribution in [2.75, 3.05) is 6.61 Å². The second-order valence-electron chi connectivity index (χ2n) is 4.76. The minimum atomic E-state index is -4.61. The summed E-state index contributed by atoms with van der Waals surface area (Å²) in [6.07, 6.45) is -4.61. The van der Waals surface area contributed by atoms with Crippen molar-refractivity contribution in [2.45, 2.75) is 13.1 Å². The van der Waals surface area contributed by atoms with Crippen LogP contribution in [-0.4, -0.2) is 17.5 Å². The first-order chi connectivity index (χ1) is 11.3. The number of alkyl halides is 3. The van der Waals surface area contributed by atoms with Gasteiger partial charge in [-0.25, -0.2) is 4.79 Å². The first-order valence-electron chi connectivity index (χ1n) is 6.88. The Hall–Kier alpha value is -2.90. The number of ether oxygens (including phenoxy) is 1. The number of nitrogens with zero attached hydrogens (tertiary/aromatic N) is 1. The number of hydrogen-bond donors (Lipinski definition) is 0. The summed E-state index contributed by atoms with van der Waals surface area (Å²) in [4.78, 5) is 22.5. The number of carbonyl (C=O) groups is 1. The molecule has 0 fully saturated rings. The molecule has 0 bridgehead atoms. The van der Waals surface area contributed by atoms with Crippen LogP contribution in [-0.2, 0) is 10.9 Å². The van der Waals surface area contributed by atoms with E-state index < -0.39 is 28.3 Å². The first-order valence-corrected chi connectivity index (χ1v) is 6.88. The van der Waals surface area contributed by atoms with Gasteiger partial charge in [-0.15, -0.1) is 0 Å². The molecule has 5 nitrogen and oxygen atoms in total. The molecule has 8 heteroatoms. The standard InChI is InChI=1S/C16H12F3NO4/c1-2-24-15(21)12-7-4-8-13(20(22)23)14(12)10-5-3-6-11(9-10)16(17,18)19/h3-9H,2H2,1H3. The highest BCUT2D eigenvalue weighted by molar-refractivity contribution is 6.00. The van der Waals surface area contributed by atoms with Crippen LogP contribution in [0.25, 0.3) is 11.1 Å². The maximum absolute atomic E-state index is 12.9. The Morgan fingerprint density at radius 2 is 1.88 bits per heavy atom. The van der Waals surface area contributed by atoms with Gasteiger partial charge >= 0.3 is 12.1 Å². The Balaban J connectivity index is 2.72. The number of halogens is 3. The Morgan fingerprint density at radius 1 is 1.21 bits per heavy atom. The van der Waals surface area contributed by atoms with E-state index in [0.29, 0.717) is 0 Å². The molecule has 0 spiro atoms. The molecule has 0 atom stereocenters. The van der Waals surface area contributed by atoms with Gasteiger partial charge in [0.25, 0.3) is 5.69 Å². The van der Waals surface area contributed by atoms with Crippen molar-refractivity contribution in [3.8, 4) is 11.1 Å². The molecule has 0 aliphatic heterocycles. The number of hydrogen-bond acceptors (Lipinski definition) is 4. The van der Waals surface area contributed by atoms with Crippen molar-refractivity contribution in [1.29, 1.82) is 0 Å². The fourth-order valence-electron chi connectivity index (χ4n) is 2.23. The maximum Gasteiger partial charge on any atom is 0.416 e. The van der Waals surface area contributed by atoms with E-state index in [9.17, 15) is 28.1 Å². The molecule has 0 unspecified atom stereocenters. The molecule has 0 aliphatic carbocycles. The largest absolute Gasteiger partial charge is 0.462 e. The molecule has 0 heterocycles. The smallest absolute Gasteiger partial charge is 0.416 e. The highest BCUT2D eigenvalue weighted by Gasteiger charge is 2.32. The number of carbonyl (C=O) groups excluding carboxylic acids is 1. The minimum Gasteiger partial charge on any atom is -0.462 e. The molecular formula is C16H12F3NO4. The van der Waals surface area contributed by atoms with Crippen LogP contribution in [0.2, 0.25) is 0 Å². The van der Waals surface area contributed by atoms with Crippen molar-refractivity contribution >= 4 is 11.7 Å².